The summed E-state index contributed by atoms with van der Waals surface area (Å²) in [6, 6.07) is 2.90. The number of aromatic hydroxyl groups is 1. The van der Waals surface area contributed by atoms with Gasteiger partial charge in [-0.25, -0.2) is 4.79 Å². The third-order valence-electron chi connectivity index (χ3n) is 3.98. The highest BCUT2D eigenvalue weighted by Gasteiger charge is 2.27. The van der Waals surface area contributed by atoms with E-state index in [1.165, 1.54) is 19.1 Å². The number of rotatable bonds is 11. The molecule has 11 nitrogen and oxygen atoms in total. The molecule has 1 aromatic carbocycles. The summed E-state index contributed by atoms with van der Waals surface area (Å²) < 4.78 is 0. The summed E-state index contributed by atoms with van der Waals surface area (Å²) in [5.74, 6) is -2.48. The zero-order valence-electron chi connectivity index (χ0n) is 16.2. The number of phenolic OH excluding ortho intramolecular Hbond substituents is 1. The van der Waals surface area contributed by atoms with E-state index in [1.54, 1.807) is 12.1 Å². The van der Waals surface area contributed by atoms with Crippen molar-refractivity contribution in [3.05, 3.63) is 29.8 Å². The number of hydrogen-bond acceptors (Lipinski definition) is 6. The first-order valence-corrected chi connectivity index (χ1v) is 9.02. The van der Waals surface area contributed by atoms with Gasteiger partial charge in [0.2, 0.25) is 11.8 Å². The van der Waals surface area contributed by atoms with Gasteiger partial charge in [-0.2, -0.15) is 0 Å². The Morgan fingerprint density at radius 3 is 2.17 bits per heavy atom. The summed E-state index contributed by atoms with van der Waals surface area (Å²) in [7, 11) is 0. The van der Waals surface area contributed by atoms with Gasteiger partial charge in [0, 0.05) is 13.0 Å². The van der Waals surface area contributed by atoms with Crippen LogP contribution < -0.4 is 27.8 Å². The fraction of sp³-hybridized carbons (Fsp3) is 0.444. The van der Waals surface area contributed by atoms with E-state index in [0.29, 0.717) is 12.0 Å². The molecule has 0 saturated carbocycles. The van der Waals surface area contributed by atoms with Crippen LogP contribution in [0.1, 0.15) is 25.3 Å². The number of hydrogen-bond donors (Lipinski definition) is 7. The van der Waals surface area contributed by atoms with Gasteiger partial charge in [-0.3, -0.25) is 14.6 Å². The lowest BCUT2D eigenvalue weighted by atomic mass is 10.0. The van der Waals surface area contributed by atoms with Gasteiger partial charge >= 0.3 is 5.97 Å². The topological polar surface area (TPSA) is 206 Å². The van der Waals surface area contributed by atoms with Crippen LogP contribution in [0.5, 0.6) is 5.75 Å². The summed E-state index contributed by atoms with van der Waals surface area (Å²) in [6.45, 7) is 1.71. The van der Waals surface area contributed by atoms with E-state index in [9.17, 15) is 24.6 Å². The molecule has 11 heteroatoms. The molecule has 29 heavy (non-hydrogen) atoms. The predicted molar refractivity (Wildman–Crippen MR) is 107 cm³/mol. The third kappa shape index (κ3) is 8.93. The van der Waals surface area contributed by atoms with Gasteiger partial charge in [-0.1, -0.05) is 12.1 Å². The van der Waals surface area contributed by atoms with Gasteiger partial charge in [0.15, 0.2) is 5.96 Å². The monoisotopic (exact) mass is 408 g/mol. The van der Waals surface area contributed by atoms with Crippen LogP contribution in [0.25, 0.3) is 0 Å². The lowest BCUT2D eigenvalue weighted by molar-refractivity contribution is -0.142. The zero-order chi connectivity index (χ0) is 22.0. The molecule has 1 aromatic rings. The first-order chi connectivity index (χ1) is 13.6. The number of carboxylic acids is 1. The van der Waals surface area contributed by atoms with E-state index in [4.69, 9.17) is 17.2 Å². The highest BCUT2D eigenvalue weighted by atomic mass is 16.4. The molecule has 2 amide bonds. The van der Waals surface area contributed by atoms with Crippen molar-refractivity contribution in [2.75, 3.05) is 6.54 Å². The van der Waals surface area contributed by atoms with Crippen LogP contribution in [-0.4, -0.2) is 58.6 Å². The molecule has 0 fully saturated rings. The maximum atomic E-state index is 12.6. The Labute approximate surface area is 168 Å². The van der Waals surface area contributed by atoms with Crippen LogP contribution in [0.3, 0.4) is 0 Å². The summed E-state index contributed by atoms with van der Waals surface area (Å²) in [6.07, 6.45) is 0.570. The van der Waals surface area contributed by atoms with Crippen molar-refractivity contribution in [2.45, 2.75) is 44.3 Å². The molecule has 0 radical (unpaired) electrons. The molecule has 0 aliphatic heterocycles. The van der Waals surface area contributed by atoms with E-state index in [2.05, 4.69) is 15.6 Å². The van der Waals surface area contributed by atoms with E-state index in [0.717, 1.165) is 0 Å². The Kier molecular flexibility index (Phi) is 9.39. The van der Waals surface area contributed by atoms with Crippen LogP contribution in [0.15, 0.2) is 29.3 Å². The van der Waals surface area contributed by atoms with Crippen LogP contribution in [-0.2, 0) is 20.8 Å². The predicted octanol–water partition coefficient (Wildman–Crippen LogP) is -1.61. The first-order valence-electron chi connectivity index (χ1n) is 9.02. The minimum absolute atomic E-state index is 0.00329. The van der Waals surface area contributed by atoms with E-state index < -0.39 is 35.9 Å². The molecule has 0 aromatic heterocycles. The van der Waals surface area contributed by atoms with Gasteiger partial charge in [-0.15, -0.1) is 0 Å². The summed E-state index contributed by atoms with van der Waals surface area (Å²) >= 11 is 0. The van der Waals surface area contributed by atoms with E-state index in [-0.39, 0.29) is 31.1 Å². The number of nitrogens with one attached hydrogen (secondary N) is 2. The maximum absolute atomic E-state index is 12.6. The molecule has 0 aliphatic carbocycles. The molecular weight excluding hydrogens is 380 g/mol. The summed E-state index contributed by atoms with van der Waals surface area (Å²) in [5, 5.41) is 23.7. The SMILES string of the molecule is C[C@H](N)C(=O)N[C@@H](CCCN=C(N)N)C(=O)N[C@@H](Cc1ccc(O)cc1)C(=O)O. The summed E-state index contributed by atoms with van der Waals surface area (Å²) in [4.78, 5) is 39.9. The van der Waals surface area contributed by atoms with E-state index in [1.807, 2.05) is 0 Å². The van der Waals surface area contributed by atoms with Crippen molar-refractivity contribution in [3.63, 3.8) is 0 Å². The average Bonchev–Trinajstić information content (AvgIpc) is 2.64. The first kappa shape index (κ1) is 23.7. The van der Waals surface area contributed by atoms with Crippen LogP contribution >= 0.6 is 0 Å². The van der Waals surface area contributed by atoms with Crippen molar-refractivity contribution in [2.24, 2.45) is 22.2 Å². The molecule has 10 N–H and O–H groups in total. The van der Waals surface area contributed by atoms with Gasteiger partial charge in [-0.05, 0) is 37.5 Å². The number of carbonyl (C=O) groups excluding carboxylic acids is 2. The number of carboxylic acid groups (broad SMARTS) is 1. The summed E-state index contributed by atoms with van der Waals surface area (Å²) in [5.41, 5.74) is 16.6. The number of carbonyl (C=O) groups is 3. The van der Waals surface area contributed by atoms with Crippen molar-refractivity contribution < 1.29 is 24.6 Å². The van der Waals surface area contributed by atoms with Crippen molar-refractivity contribution >= 4 is 23.7 Å². The molecule has 1 rings (SSSR count). The minimum Gasteiger partial charge on any atom is -0.508 e. The number of nitrogens with two attached hydrogens (primary N) is 3. The number of nitrogens with zero attached hydrogens (tertiary/aromatic N) is 1. The van der Waals surface area contributed by atoms with Crippen LogP contribution in [0, 0.1) is 0 Å². The number of phenols is 1. The smallest absolute Gasteiger partial charge is 0.326 e. The molecular formula is C18H28N6O5. The Hall–Kier alpha value is -3.34. The molecule has 0 heterocycles. The van der Waals surface area contributed by atoms with Crippen molar-refractivity contribution in [3.8, 4) is 5.75 Å². The number of amides is 2. The lowest BCUT2D eigenvalue weighted by Gasteiger charge is -2.22. The highest BCUT2D eigenvalue weighted by molar-refractivity contribution is 5.91. The minimum atomic E-state index is -1.23. The molecule has 0 bridgehead atoms. The van der Waals surface area contributed by atoms with Crippen LogP contribution in [0.2, 0.25) is 0 Å². The van der Waals surface area contributed by atoms with Crippen molar-refractivity contribution in [1.29, 1.82) is 0 Å². The maximum Gasteiger partial charge on any atom is 0.326 e. The highest BCUT2D eigenvalue weighted by Crippen LogP contribution is 2.12. The second kappa shape index (κ2) is 11.5. The fourth-order valence-electron chi connectivity index (χ4n) is 2.42. The molecule has 160 valence electrons. The molecule has 0 aliphatic rings. The fourth-order valence-corrected chi connectivity index (χ4v) is 2.42. The van der Waals surface area contributed by atoms with Crippen LogP contribution in [0.4, 0.5) is 0 Å². The Morgan fingerprint density at radius 1 is 1.07 bits per heavy atom. The zero-order valence-corrected chi connectivity index (χ0v) is 16.2. The molecule has 3 atom stereocenters. The van der Waals surface area contributed by atoms with E-state index >= 15 is 0 Å². The number of aliphatic imine (C=N–C) groups is 1. The standard InChI is InChI=1S/C18H28N6O5/c1-10(19)15(26)23-13(3-2-8-22-18(20)21)16(27)24-14(17(28)29)9-11-4-6-12(25)7-5-11/h4-7,10,13-14,25H,2-3,8-9,19H2,1H3,(H,23,26)(H,24,27)(H,28,29)(H4,20,21,22)/t10-,13-,14-/m0/s1. The Balaban J connectivity index is 2.83. The van der Waals surface area contributed by atoms with Gasteiger partial charge in [0.05, 0.1) is 6.04 Å². The molecule has 0 saturated heterocycles. The second-order valence-corrected chi connectivity index (χ2v) is 6.57. The van der Waals surface area contributed by atoms with Gasteiger partial charge < -0.3 is 38.0 Å². The quantitative estimate of drug-likeness (QED) is 0.128. The molecule has 0 unspecified atom stereocenters. The molecule has 0 spiro atoms. The number of benzene rings is 1. The average molecular weight is 408 g/mol. The second-order valence-electron chi connectivity index (χ2n) is 6.57. The number of aliphatic carboxylic acids is 1. The number of guanidine groups is 1. The Bertz CT molecular complexity index is 731. The van der Waals surface area contributed by atoms with Gasteiger partial charge in [0.1, 0.15) is 17.8 Å². The largest absolute Gasteiger partial charge is 0.508 e. The normalized spacial score (nSPS) is 13.6. The lowest BCUT2D eigenvalue weighted by Crippen LogP contribution is -2.54. The van der Waals surface area contributed by atoms with Crippen molar-refractivity contribution in [1.82, 2.24) is 10.6 Å². The Morgan fingerprint density at radius 2 is 1.66 bits per heavy atom. The third-order valence-corrected chi connectivity index (χ3v) is 3.98. The van der Waals surface area contributed by atoms with Gasteiger partial charge in [0.25, 0.3) is 0 Å².